The van der Waals surface area contributed by atoms with E-state index in [0.717, 1.165) is 31.6 Å². The van der Waals surface area contributed by atoms with E-state index in [1.807, 2.05) is 18.2 Å². The molecule has 5 nitrogen and oxygen atoms in total. The smallest absolute Gasteiger partial charge is 0.228 e. The Morgan fingerprint density at radius 3 is 3.00 bits per heavy atom. The minimum Gasteiger partial charge on any atom is -0.486 e. The number of piperidine rings is 1. The van der Waals surface area contributed by atoms with Gasteiger partial charge < -0.3 is 15.4 Å². The average Bonchev–Trinajstić information content (AvgIpc) is 2.62. The molecule has 1 saturated heterocycles. The van der Waals surface area contributed by atoms with Crippen molar-refractivity contribution in [2.75, 3.05) is 18.4 Å². The monoisotopic (exact) mass is 345 g/mol. The molecule has 0 bridgehead atoms. The fourth-order valence-electron chi connectivity index (χ4n) is 2.65. The molecule has 1 aliphatic heterocycles. The summed E-state index contributed by atoms with van der Waals surface area (Å²) < 4.78 is 5.68. The van der Waals surface area contributed by atoms with E-state index in [4.69, 9.17) is 16.3 Å². The van der Waals surface area contributed by atoms with Crippen LogP contribution in [0, 0.1) is 5.92 Å². The first-order valence-corrected chi connectivity index (χ1v) is 8.44. The Kier molecular flexibility index (Phi) is 5.67. The highest BCUT2D eigenvalue weighted by molar-refractivity contribution is 6.32. The van der Waals surface area contributed by atoms with Crippen molar-refractivity contribution < 1.29 is 9.53 Å². The lowest BCUT2D eigenvalue weighted by atomic mass is 9.99. The fourth-order valence-corrected chi connectivity index (χ4v) is 2.89. The maximum Gasteiger partial charge on any atom is 0.228 e. The van der Waals surface area contributed by atoms with E-state index in [1.54, 1.807) is 24.4 Å². The minimum atomic E-state index is 0.0117. The molecule has 1 fully saturated rings. The molecule has 3 rings (SSSR count). The second kappa shape index (κ2) is 8.13. The van der Waals surface area contributed by atoms with Crippen LogP contribution in [0.1, 0.15) is 18.5 Å². The molecule has 24 heavy (non-hydrogen) atoms. The first-order chi connectivity index (χ1) is 11.7. The lowest BCUT2D eigenvalue weighted by molar-refractivity contribution is -0.120. The van der Waals surface area contributed by atoms with Crippen LogP contribution in [0.15, 0.2) is 42.6 Å². The highest BCUT2D eigenvalue weighted by Gasteiger charge is 2.21. The van der Waals surface area contributed by atoms with Crippen molar-refractivity contribution in [3.63, 3.8) is 0 Å². The first kappa shape index (κ1) is 16.7. The van der Waals surface area contributed by atoms with Crippen molar-refractivity contribution in [3.05, 3.63) is 53.3 Å². The standard InChI is InChI=1S/C18H20ClN3O2/c19-16-10-14(22-18(23)13-4-3-8-20-11-13)6-7-17(16)24-12-15-5-1-2-9-21-15/h1-2,5-7,9-10,13,20H,3-4,8,11-12H2,(H,22,23). The summed E-state index contributed by atoms with van der Waals surface area (Å²) in [7, 11) is 0. The van der Waals surface area contributed by atoms with Crippen molar-refractivity contribution in [3.8, 4) is 5.75 Å². The van der Waals surface area contributed by atoms with E-state index in [-0.39, 0.29) is 11.8 Å². The molecule has 2 aromatic rings. The van der Waals surface area contributed by atoms with Gasteiger partial charge in [-0.2, -0.15) is 0 Å². The highest BCUT2D eigenvalue weighted by Crippen LogP contribution is 2.28. The van der Waals surface area contributed by atoms with Gasteiger partial charge in [0.05, 0.1) is 16.6 Å². The number of benzene rings is 1. The molecule has 6 heteroatoms. The van der Waals surface area contributed by atoms with Crippen molar-refractivity contribution in [1.82, 2.24) is 10.3 Å². The Morgan fingerprint density at radius 2 is 2.29 bits per heavy atom. The summed E-state index contributed by atoms with van der Waals surface area (Å²) in [5.74, 6) is 0.609. The molecule has 1 unspecified atom stereocenters. The number of carbonyl (C=O) groups is 1. The zero-order valence-corrected chi connectivity index (χ0v) is 14.1. The Morgan fingerprint density at radius 1 is 1.38 bits per heavy atom. The van der Waals surface area contributed by atoms with Crippen molar-refractivity contribution in [1.29, 1.82) is 0 Å². The van der Waals surface area contributed by atoms with Crippen molar-refractivity contribution in [2.24, 2.45) is 5.92 Å². The lowest BCUT2D eigenvalue weighted by Crippen LogP contribution is -2.37. The van der Waals surface area contributed by atoms with Crippen LogP contribution in [-0.4, -0.2) is 24.0 Å². The van der Waals surface area contributed by atoms with E-state index < -0.39 is 0 Å². The number of nitrogens with one attached hydrogen (secondary N) is 2. The number of carbonyl (C=O) groups excluding carboxylic acids is 1. The number of anilines is 1. The summed E-state index contributed by atoms with van der Waals surface area (Å²) in [6.45, 7) is 2.06. The SMILES string of the molecule is O=C(Nc1ccc(OCc2ccccn2)c(Cl)c1)C1CCCNC1. The molecule has 0 aliphatic carbocycles. The lowest BCUT2D eigenvalue weighted by Gasteiger charge is -2.22. The zero-order valence-electron chi connectivity index (χ0n) is 13.3. The predicted molar refractivity (Wildman–Crippen MR) is 94.2 cm³/mol. The summed E-state index contributed by atoms with van der Waals surface area (Å²) in [4.78, 5) is 16.4. The summed E-state index contributed by atoms with van der Waals surface area (Å²) in [6.07, 6.45) is 3.66. The van der Waals surface area contributed by atoms with E-state index in [2.05, 4.69) is 15.6 Å². The second-order valence-corrected chi connectivity index (χ2v) is 6.19. The molecule has 1 amide bonds. The zero-order chi connectivity index (χ0) is 16.8. The number of hydrogen-bond donors (Lipinski definition) is 2. The van der Waals surface area contributed by atoms with Gasteiger partial charge in [0.25, 0.3) is 0 Å². The fraction of sp³-hybridized carbons (Fsp3) is 0.333. The number of pyridine rings is 1. The Labute approximate surface area is 146 Å². The molecule has 1 aromatic carbocycles. The van der Waals surface area contributed by atoms with Gasteiger partial charge in [-0.05, 0) is 49.7 Å². The molecule has 0 saturated carbocycles. The average molecular weight is 346 g/mol. The topological polar surface area (TPSA) is 63.2 Å². The van der Waals surface area contributed by atoms with Crippen LogP contribution in [0.2, 0.25) is 5.02 Å². The van der Waals surface area contributed by atoms with Crippen LogP contribution >= 0.6 is 11.6 Å². The van der Waals surface area contributed by atoms with Gasteiger partial charge >= 0.3 is 0 Å². The number of aromatic nitrogens is 1. The molecule has 0 spiro atoms. The number of nitrogens with zero attached hydrogens (tertiary/aromatic N) is 1. The van der Waals surface area contributed by atoms with Crippen LogP contribution in [0.25, 0.3) is 0 Å². The quantitative estimate of drug-likeness (QED) is 0.873. The van der Waals surface area contributed by atoms with E-state index >= 15 is 0 Å². The minimum absolute atomic E-state index is 0.0117. The van der Waals surface area contributed by atoms with Gasteiger partial charge in [0, 0.05) is 18.4 Å². The molecule has 1 aromatic heterocycles. The van der Waals surface area contributed by atoms with Crippen LogP contribution in [0.3, 0.4) is 0 Å². The number of hydrogen-bond acceptors (Lipinski definition) is 4. The third kappa shape index (κ3) is 4.46. The maximum absolute atomic E-state index is 12.2. The largest absolute Gasteiger partial charge is 0.486 e. The third-order valence-corrected chi connectivity index (χ3v) is 4.26. The van der Waals surface area contributed by atoms with Gasteiger partial charge in [-0.25, -0.2) is 0 Å². The molecule has 1 aliphatic rings. The van der Waals surface area contributed by atoms with E-state index in [1.165, 1.54) is 0 Å². The predicted octanol–water partition coefficient (Wildman–Crippen LogP) is 3.25. The van der Waals surface area contributed by atoms with Crippen LogP contribution in [-0.2, 0) is 11.4 Å². The third-order valence-electron chi connectivity index (χ3n) is 3.97. The maximum atomic E-state index is 12.2. The van der Waals surface area contributed by atoms with Gasteiger partial charge in [0.1, 0.15) is 12.4 Å². The number of halogens is 1. The number of amides is 1. The molecular weight excluding hydrogens is 326 g/mol. The van der Waals surface area contributed by atoms with Gasteiger partial charge in [-0.3, -0.25) is 9.78 Å². The first-order valence-electron chi connectivity index (χ1n) is 8.06. The molecule has 2 N–H and O–H groups in total. The van der Waals surface area contributed by atoms with Gasteiger partial charge in [-0.15, -0.1) is 0 Å². The Hall–Kier alpha value is -2.11. The van der Waals surface area contributed by atoms with E-state index in [0.29, 0.717) is 23.1 Å². The highest BCUT2D eigenvalue weighted by atomic mass is 35.5. The number of rotatable bonds is 5. The van der Waals surface area contributed by atoms with Crippen LogP contribution in [0.4, 0.5) is 5.69 Å². The van der Waals surface area contributed by atoms with Gasteiger partial charge in [0.15, 0.2) is 0 Å². The van der Waals surface area contributed by atoms with Crippen molar-refractivity contribution >= 4 is 23.2 Å². The Bertz CT molecular complexity index is 688. The molecular formula is C18H20ClN3O2. The summed E-state index contributed by atoms with van der Waals surface area (Å²) >= 11 is 6.26. The molecule has 1 atom stereocenters. The second-order valence-electron chi connectivity index (χ2n) is 5.79. The molecule has 0 radical (unpaired) electrons. The van der Waals surface area contributed by atoms with Crippen LogP contribution in [0.5, 0.6) is 5.75 Å². The normalized spacial score (nSPS) is 17.3. The summed E-state index contributed by atoms with van der Waals surface area (Å²) in [6, 6.07) is 10.9. The Balaban J connectivity index is 1.58. The number of ether oxygens (including phenoxy) is 1. The van der Waals surface area contributed by atoms with E-state index in [9.17, 15) is 4.79 Å². The summed E-state index contributed by atoms with van der Waals surface area (Å²) in [5, 5.41) is 6.63. The molecule has 126 valence electrons. The molecule has 2 heterocycles. The van der Waals surface area contributed by atoms with Gasteiger partial charge in [-0.1, -0.05) is 17.7 Å². The summed E-state index contributed by atoms with van der Waals surface area (Å²) in [5.41, 5.74) is 1.51. The van der Waals surface area contributed by atoms with Crippen molar-refractivity contribution in [2.45, 2.75) is 19.4 Å². The van der Waals surface area contributed by atoms with Gasteiger partial charge in [0.2, 0.25) is 5.91 Å². The van der Waals surface area contributed by atoms with Crippen LogP contribution < -0.4 is 15.4 Å².